The van der Waals surface area contributed by atoms with E-state index in [-0.39, 0.29) is 5.39 Å². The molecule has 0 saturated carbocycles. The summed E-state index contributed by atoms with van der Waals surface area (Å²) in [5.74, 6) is 0. The zero-order valence-corrected chi connectivity index (χ0v) is 9.07. The summed E-state index contributed by atoms with van der Waals surface area (Å²) in [7, 11) is 0. The molecule has 0 aliphatic heterocycles. The average Bonchev–Trinajstić information content (AvgIpc) is 2.10. The molecule has 0 fully saturated rings. The molecule has 2 N–H and O–H groups in total. The molecule has 2 rings (SSSR count). The maximum atomic E-state index is 11.4. The second kappa shape index (κ2) is 3.25. The largest absolute Gasteiger partial charge is 0.326 e. The molecule has 0 unspecified atom stereocenters. The molecule has 0 aliphatic carbocycles. The van der Waals surface area contributed by atoms with Crippen LogP contribution in [-0.4, -0.2) is 9.97 Å². The Kier molecular flexibility index (Phi) is 2.20. The quantitative estimate of drug-likeness (QED) is 0.767. The molecule has 4 nitrogen and oxygen atoms in total. The van der Waals surface area contributed by atoms with Gasteiger partial charge in [0.05, 0.1) is 15.9 Å². The van der Waals surface area contributed by atoms with Crippen LogP contribution < -0.4 is 11.2 Å². The molecule has 0 amide bonds. The number of hydrogen-bond acceptors (Lipinski definition) is 2. The Morgan fingerprint density at radius 1 is 1.21 bits per heavy atom. The van der Waals surface area contributed by atoms with E-state index in [2.05, 4.69) is 25.9 Å². The van der Waals surface area contributed by atoms with Crippen LogP contribution in [0.1, 0.15) is 0 Å². The Hall–Kier alpha value is -1.07. The highest BCUT2D eigenvalue weighted by Gasteiger charge is 2.07. The molecule has 14 heavy (non-hydrogen) atoms. The Morgan fingerprint density at radius 3 is 2.64 bits per heavy atom. The molecule has 0 radical (unpaired) electrons. The number of fused-ring (bicyclic) bond motifs is 1. The third-order valence-electron chi connectivity index (χ3n) is 1.80. The molecule has 0 bridgehead atoms. The van der Waals surface area contributed by atoms with Gasteiger partial charge in [0, 0.05) is 4.47 Å². The smallest absolute Gasteiger partial charge is 0.307 e. The summed E-state index contributed by atoms with van der Waals surface area (Å²) in [6.45, 7) is 0. The van der Waals surface area contributed by atoms with Crippen LogP contribution in [0, 0.1) is 0 Å². The molecular weight excluding hydrogens is 271 g/mol. The van der Waals surface area contributed by atoms with Gasteiger partial charge in [-0.15, -0.1) is 0 Å². The lowest BCUT2D eigenvalue weighted by Gasteiger charge is -2.00. The highest BCUT2D eigenvalue weighted by molar-refractivity contribution is 9.10. The summed E-state index contributed by atoms with van der Waals surface area (Å²) in [6.07, 6.45) is 0. The van der Waals surface area contributed by atoms with E-state index >= 15 is 0 Å². The monoisotopic (exact) mass is 274 g/mol. The van der Waals surface area contributed by atoms with E-state index in [1.165, 1.54) is 0 Å². The van der Waals surface area contributed by atoms with Crippen molar-refractivity contribution in [1.82, 2.24) is 9.97 Å². The highest BCUT2D eigenvalue weighted by Crippen LogP contribution is 2.27. The van der Waals surface area contributed by atoms with Crippen LogP contribution in [0.3, 0.4) is 0 Å². The maximum Gasteiger partial charge on any atom is 0.326 e. The number of halogens is 2. The minimum absolute atomic E-state index is 0.278. The number of hydrogen-bond donors (Lipinski definition) is 2. The average molecular weight is 275 g/mol. The maximum absolute atomic E-state index is 11.4. The fraction of sp³-hybridized carbons (Fsp3) is 0. The first-order valence-electron chi connectivity index (χ1n) is 3.70. The first kappa shape index (κ1) is 9.48. The lowest BCUT2D eigenvalue weighted by atomic mass is 10.2. The predicted octanol–water partition coefficient (Wildman–Crippen LogP) is 1.63. The third-order valence-corrected chi connectivity index (χ3v) is 3.08. The Labute approximate surface area is 91.0 Å². The first-order valence-corrected chi connectivity index (χ1v) is 4.87. The number of benzene rings is 1. The van der Waals surface area contributed by atoms with Crippen molar-refractivity contribution >= 4 is 38.4 Å². The van der Waals surface area contributed by atoms with Crippen molar-refractivity contribution in [3.8, 4) is 0 Å². The van der Waals surface area contributed by atoms with Crippen molar-refractivity contribution in [2.24, 2.45) is 0 Å². The van der Waals surface area contributed by atoms with Gasteiger partial charge in [-0.1, -0.05) is 11.6 Å². The van der Waals surface area contributed by atoms with E-state index in [1.54, 1.807) is 12.1 Å². The van der Waals surface area contributed by atoms with Crippen molar-refractivity contribution in [3.63, 3.8) is 0 Å². The second-order valence-corrected chi connectivity index (χ2v) is 3.92. The van der Waals surface area contributed by atoms with Gasteiger partial charge in [-0.05, 0) is 28.1 Å². The van der Waals surface area contributed by atoms with Gasteiger partial charge in [0.2, 0.25) is 0 Å². The highest BCUT2D eigenvalue weighted by atomic mass is 79.9. The molecule has 1 aromatic heterocycles. The lowest BCUT2D eigenvalue weighted by molar-refractivity contribution is 1.08. The van der Waals surface area contributed by atoms with Gasteiger partial charge >= 0.3 is 5.69 Å². The summed E-state index contributed by atoms with van der Waals surface area (Å²) in [5, 5.41) is 0.570. The van der Waals surface area contributed by atoms with Crippen molar-refractivity contribution in [3.05, 3.63) is 42.5 Å². The first-order chi connectivity index (χ1) is 6.59. The summed E-state index contributed by atoms with van der Waals surface area (Å²) in [5.41, 5.74) is -0.608. The van der Waals surface area contributed by atoms with Gasteiger partial charge in [-0.25, -0.2) is 4.79 Å². The lowest BCUT2D eigenvalue weighted by Crippen LogP contribution is -2.22. The topological polar surface area (TPSA) is 65.7 Å². The molecule has 6 heteroatoms. The van der Waals surface area contributed by atoms with Crippen LogP contribution in [0.4, 0.5) is 0 Å². The van der Waals surface area contributed by atoms with Gasteiger partial charge in [-0.2, -0.15) is 0 Å². The van der Waals surface area contributed by atoms with E-state index in [9.17, 15) is 9.59 Å². The molecular formula is C8H4BrClN2O2. The molecule has 0 aliphatic rings. The number of aromatic nitrogens is 2. The molecule has 1 heterocycles. The Balaban J connectivity index is 3.11. The molecule has 72 valence electrons. The van der Waals surface area contributed by atoms with Crippen LogP contribution in [0.2, 0.25) is 5.02 Å². The van der Waals surface area contributed by atoms with E-state index in [0.29, 0.717) is 15.0 Å². The normalized spacial score (nSPS) is 10.7. The van der Waals surface area contributed by atoms with Gasteiger partial charge in [0.15, 0.2) is 0 Å². The van der Waals surface area contributed by atoms with E-state index in [0.717, 1.165) is 0 Å². The SMILES string of the molecule is O=c1[nH]c(=O)c2c(Cl)c(Br)ccc2[nH]1. The molecule has 0 atom stereocenters. The fourth-order valence-corrected chi connectivity index (χ4v) is 1.78. The van der Waals surface area contributed by atoms with Crippen LogP contribution >= 0.6 is 27.5 Å². The molecule has 1 aromatic carbocycles. The second-order valence-electron chi connectivity index (χ2n) is 2.69. The molecule has 0 spiro atoms. The van der Waals surface area contributed by atoms with Crippen LogP contribution in [-0.2, 0) is 0 Å². The van der Waals surface area contributed by atoms with Gasteiger partial charge < -0.3 is 4.98 Å². The van der Waals surface area contributed by atoms with Crippen LogP contribution in [0.25, 0.3) is 10.9 Å². The number of H-pyrrole nitrogens is 2. The third kappa shape index (κ3) is 1.38. The number of rotatable bonds is 0. The van der Waals surface area contributed by atoms with Gasteiger partial charge in [0.25, 0.3) is 5.56 Å². The molecule has 0 saturated heterocycles. The Morgan fingerprint density at radius 2 is 1.93 bits per heavy atom. The van der Waals surface area contributed by atoms with Crippen molar-refractivity contribution < 1.29 is 0 Å². The minimum atomic E-state index is -0.541. The minimum Gasteiger partial charge on any atom is -0.307 e. The van der Waals surface area contributed by atoms with E-state index in [4.69, 9.17) is 11.6 Å². The standard InChI is InChI=1S/C8H4BrClN2O2/c9-3-1-2-4-5(6(3)10)7(13)12-8(14)11-4/h1-2H,(H2,11,12,13,14). The zero-order chi connectivity index (χ0) is 10.3. The van der Waals surface area contributed by atoms with E-state index < -0.39 is 11.2 Å². The van der Waals surface area contributed by atoms with Crippen molar-refractivity contribution in [1.29, 1.82) is 0 Å². The van der Waals surface area contributed by atoms with Gasteiger partial charge in [0.1, 0.15) is 0 Å². The zero-order valence-electron chi connectivity index (χ0n) is 6.73. The summed E-state index contributed by atoms with van der Waals surface area (Å²) >= 11 is 9.09. The predicted molar refractivity (Wildman–Crippen MR) is 57.9 cm³/mol. The molecule has 2 aromatic rings. The number of aromatic amines is 2. The van der Waals surface area contributed by atoms with Crippen molar-refractivity contribution in [2.45, 2.75) is 0 Å². The van der Waals surface area contributed by atoms with Crippen LogP contribution in [0.15, 0.2) is 26.2 Å². The van der Waals surface area contributed by atoms with Crippen LogP contribution in [0.5, 0.6) is 0 Å². The summed E-state index contributed by atoms with van der Waals surface area (Å²) in [4.78, 5) is 26.9. The summed E-state index contributed by atoms with van der Waals surface area (Å²) in [6, 6.07) is 3.28. The Bertz CT molecular complexity index is 617. The fourth-order valence-electron chi connectivity index (χ4n) is 1.20. The summed E-state index contributed by atoms with van der Waals surface area (Å²) < 4.78 is 0.615. The number of nitrogens with one attached hydrogen (secondary N) is 2. The van der Waals surface area contributed by atoms with Crippen molar-refractivity contribution in [2.75, 3.05) is 0 Å². The van der Waals surface area contributed by atoms with E-state index in [1.807, 2.05) is 0 Å². The van der Waals surface area contributed by atoms with Gasteiger partial charge in [-0.3, -0.25) is 9.78 Å².